The summed E-state index contributed by atoms with van der Waals surface area (Å²) in [5.41, 5.74) is 10.0. The number of imidazole rings is 1. The topological polar surface area (TPSA) is 43.8 Å². The lowest BCUT2D eigenvalue weighted by molar-refractivity contribution is 0.457. The van der Waals surface area contributed by atoms with E-state index >= 15 is 0 Å². The van der Waals surface area contributed by atoms with E-state index in [-0.39, 0.29) is 10.8 Å². The van der Waals surface area contributed by atoms with Gasteiger partial charge in [-0.3, -0.25) is 0 Å². The van der Waals surface area contributed by atoms with Crippen molar-refractivity contribution in [1.29, 1.82) is 0 Å². The van der Waals surface area contributed by atoms with Crippen molar-refractivity contribution in [3.8, 4) is 0 Å². The summed E-state index contributed by atoms with van der Waals surface area (Å²) in [6, 6.07) is 6.79. The number of nitrogens with two attached hydrogens (primary N) is 1. The van der Waals surface area contributed by atoms with E-state index in [1.54, 1.807) is 0 Å². The van der Waals surface area contributed by atoms with Crippen LogP contribution in [0, 0.1) is 17.8 Å². The van der Waals surface area contributed by atoms with Crippen molar-refractivity contribution in [2.45, 2.75) is 40.7 Å². The van der Waals surface area contributed by atoms with E-state index in [0.29, 0.717) is 12.0 Å². The molecule has 0 radical (unpaired) electrons. The van der Waals surface area contributed by atoms with E-state index in [2.05, 4.69) is 62.4 Å². The van der Waals surface area contributed by atoms with Gasteiger partial charge in [-0.1, -0.05) is 33.8 Å². The third-order valence-electron chi connectivity index (χ3n) is 5.08. The second-order valence-corrected chi connectivity index (χ2v) is 6.68. The van der Waals surface area contributed by atoms with Gasteiger partial charge in [0.25, 0.3) is 0 Å². The fraction of sp³-hybridized carbons (Fsp3) is 0.533. The molecule has 96 valence electrons. The largest absolute Gasteiger partial charge is 0.369 e. The smallest absolute Gasteiger partial charge is 0.201 e. The van der Waals surface area contributed by atoms with Crippen LogP contribution in [0.3, 0.4) is 0 Å². The number of fused-ring (bicyclic) bond motifs is 1. The molecule has 0 aliphatic heterocycles. The first-order chi connectivity index (χ1) is 8.26. The molecule has 3 nitrogen and oxygen atoms in total. The summed E-state index contributed by atoms with van der Waals surface area (Å²) < 4.78 is 2.22. The maximum absolute atomic E-state index is 6.14. The molecule has 1 aliphatic carbocycles. The molecule has 1 saturated carbocycles. The highest BCUT2D eigenvalue weighted by molar-refractivity contribution is 5.79. The van der Waals surface area contributed by atoms with Gasteiger partial charge in [-0.25, -0.2) is 4.98 Å². The van der Waals surface area contributed by atoms with Crippen LogP contribution in [0.2, 0.25) is 0 Å². The average Bonchev–Trinajstić information content (AvgIpc) is 2.52. The highest BCUT2D eigenvalue weighted by Crippen LogP contribution is 2.72. The second kappa shape index (κ2) is 3.08. The van der Waals surface area contributed by atoms with Crippen LogP contribution in [-0.2, 0) is 0 Å². The Hall–Kier alpha value is -1.51. The molecular weight excluding hydrogens is 222 g/mol. The molecule has 0 amide bonds. The number of benzene rings is 1. The van der Waals surface area contributed by atoms with E-state index in [9.17, 15) is 0 Å². The summed E-state index contributed by atoms with van der Waals surface area (Å²) in [5.74, 6) is 0.638. The van der Waals surface area contributed by atoms with Gasteiger partial charge in [0.05, 0.1) is 11.0 Å². The van der Waals surface area contributed by atoms with E-state index in [1.807, 2.05) is 0 Å². The number of anilines is 1. The van der Waals surface area contributed by atoms with Crippen molar-refractivity contribution in [3.05, 3.63) is 23.8 Å². The fourth-order valence-electron chi connectivity index (χ4n) is 3.31. The molecule has 1 aromatic heterocycles. The Bertz CT molecular complexity index is 620. The molecule has 3 rings (SSSR count). The van der Waals surface area contributed by atoms with Gasteiger partial charge in [0.15, 0.2) is 0 Å². The van der Waals surface area contributed by atoms with Crippen LogP contribution < -0.4 is 5.73 Å². The minimum absolute atomic E-state index is 0.264. The first-order valence-electron chi connectivity index (χ1n) is 6.51. The van der Waals surface area contributed by atoms with E-state index in [1.165, 1.54) is 5.56 Å². The van der Waals surface area contributed by atoms with Gasteiger partial charge >= 0.3 is 0 Å². The number of nitrogen functional groups attached to an aromatic ring is 1. The number of hydrogen-bond donors (Lipinski definition) is 1. The quantitative estimate of drug-likeness (QED) is 0.832. The van der Waals surface area contributed by atoms with Gasteiger partial charge in [-0.2, -0.15) is 0 Å². The van der Waals surface area contributed by atoms with Gasteiger partial charge in [0, 0.05) is 6.04 Å². The Balaban J connectivity index is 2.23. The first kappa shape index (κ1) is 11.6. The van der Waals surface area contributed by atoms with Crippen molar-refractivity contribution < 1.29 is 0 Å². The maximum Gasteiger partial charge on any atom is 0.201 e. The van der Waals surface area contributed by atoms with Crippen LogP contribution in [-0.4, -0.2) is 9.55 Å². The summed E-state index contributed by atoms with van der Waals surface area (Å²) in [7, 11) is 0. The van der Waals surface area contributed by atoms with Gasteiger partial charge in [0.2, 0.25) is 5.95 Å². The zero-order valence-electron chi connectivity index (χ0n) is 11.8. The molecule has 2 aromatic rings. The molecule has 2 N–H and O–H groups in total. The molecule has 1 aromatic carbocycles. The van der Waals surface area contributed by atoms with Crippen LogP contribution in [0.4, 0.5) is 5.95 Å². The SMILES string of the molecule is Cc1ccc2c(c1)nc(N)n2C1C(C)(C)C1(C)C. The third kappa shape index (κ3) is 1.22. The second-order valence-electron chi connectivity index (χ2n) is 6.68. The molecule has 0 unspecified atom stereocenters. The Kier molecular flexibility index (Phi) is 1.98. The zero-order valence-corrected chi connectivity index (χ0v) is 11.8. The molecule has 1 aliphatic rings. The van der Waals surface area contributed by atoms with Crippen molar-refractivity contribution in [2.24, 2.45) is 10.8 Å². The van der Waals surface area contributed by atoms with Crippen LogP contribution in [0.15, 0.2) is 18.2 Å². The monoisotopic (exact) mass is 243 g/mol. The molecule has 0 bridgehead atoms. The highest BCUT2D eigenvalue weighted by Gasteiger charge is 2.66. The minimum Gasteiger partial charge on any atom is -0.369 e. The number of hydrogen-bond acceptors (Lipinski definition) is 2. The van der Waals surface area contributed by atoms with Crippen molar-refractivity contribution >= 4 is 17.0 Å². The molecule has 18 heavy (non-hydrogen) atoms. The Morgan fingerprint density at radius 1 is 1.17 bits per heavy atom. The molecule has 1 fully saturated rings. The number of rotatable bonds is 1. The summed E-state index contributed by atoms with van der Waals surface area (Å²) in [5, 5.41) is 0. The average molecular weight is 243 g/mol. The number of aromatic nitrogens is 2. The predicted molar refractivity (Wildman–Crippen MR) is 75.5 cm³/mol. The highest BCUT2D eigenvalue weighted by atomic mass is 15.2. The lowest BCUT2D eigenvalue weighted by atomic mass is 10.0. The fourth-order valence-corrected chi connectivity index (χ4v) is 3.31. The van der Waals surface area contributed by atoms with Gasteiger partial charge < -0.3 is 10.3 Å². The number of aryl methyl sites for hydroxylation is 1. The summed E-state index contributed by atoms with van der Waals surface area (Å²) in [6.45, 7) is 11.3. The number of nitrogens with zero attached hydrogens (tertiary/aromatic N) is 2. The molecule has 0 saturated heterocycles. The third-order valence-corrected chi connectivity index (χ3v) is 5.08. The Labute approximate surface area is 108 Å². The lowest BCUT2D eigenvalue weighted by Gasteiger charge is -2.08. The van der Waals surface area contributed by atoms with Gasteiger partial charge in [-0.15, -0.1) is 0 Å². The molecule has 0 atom stereocenters. The first-order valence-corrected chi connectivity index (χ1v) is 6.51. The van der Waals surface area contributed by atoms with Crippen molar-refractivity contribution in [1.82, 2.24) is 9.55 Å². The minimum atomic E-state index is 0.264. The standard InChI is InChI=1S/C15H21N3/c1-9-6-7-11-10(8-9)17-13(16)18(11)12-14(2,3)15(12,4)5/h6-8,12H,1-5H3,(H2,16,17). The van der Waals surface area contributed by atoms with E-state index in [4.69, 9.17) is 5.73 Å². The summed E-state index contributed by atoms with van der Waals surface area (Å²) >= 11 is 0. The van der Waals surface area contributed by atoms with E-state index in [0.717, 1.165) is 11.0 Å². The van der Waals surface area contributed by atoms with Gasteiger partial charge in [0.1, 0.15) is 0 Å². The summed E-state index contributed by atoms with van der Waals surface area (Å²) in [4.78, 5) is 4.51. The predicted octanol–water partition coefficient (Wildman–Crippen LogP) is 3.53. The lowest BCUT2D eigenvalue weighted by Crippen LogP contribution is -2.05. The maximum atomic E-state index is 6.14. The molecular formula is C15H21N3. The normalized spacial score (nSPS) is 21.4. The Morgan fingerprint density at radius 3 is 2.33 bits per heavy atom. The Morgan fingerprint density at radius 2 is 1.78 bits per heavy atom. The molecule has 1 heterocycles. The van der Waals surface area contributed by atoms with E-state index < -0.39 is 0 Å². The summed E-state index contributed by atoms with van der Waals surface area (Å²) in [6.07, 6.45) is 0. The van der Waals surface area contributed by atoms with Gasteiger partial charge in [-0.05, 0) is 35.4 Å². The van der Waals surface area contributed by atoms with Crippen LogP contribution >= 0.6 is 0 Å². The van der Waals surface area contributed by atoms with Crippen LogP contribution in [0.5, 0.6) is 0 Å². The van der Waals surface area contributed by atoms with Crippen LogP contribution in [0.1, 0.15) is 39.3 Å². The van der Waals surface area contributed by atoms with Crippen molar-refractivity contribution in [2.75, 3.05) is 5.73 Å². The zero-order chi connectivity index (χ0) is 13.3. The van der Waals surface area contributed by atoms with Crippen molar-refractivity contribution in [3.63, 3.8) is 0 Å². The molecule has 3 heteroatoms. The van der Waals surface area contributed by atoms with Crippen LogP contribution in [0.25, 0.3) is 11.0 Å². The molecule has 0 spiro atoms.